The fraction of sp³-hybridized carbons (Fsp3) is 0.231. The largest absolute Gasteiger partial charge is 0.478 e. The first-order valence-corrected chi connectivity index (χ1v) is 11.3. The molecule has 0 radical (unpaired) electrons. The van der Waals surface area contributed by atoms with Crippen molar-refractivity contribution in [2.24, 2.45) is 0 Å². The first-order valence-electron chi connectivity index (χ1n) is 11.3. The molecule has 1 aliphatic rings. The molecule has 0 unspecified atom stereocenters. The molecule has 5 rings (SSSR count). The van der Waals surface area contributed by atoms with Crippen molar-refractivity contribution in [2.45, 2.75) is 39.0 Å². The number of anilines is 2. The summed E-state index contributed by atoms with van der Waals surface area (Å²) in [6.07, 6.45) is 5.95. The van der Waals surface area contributed by atoms with E-state index in [4.69, 9.17) is 5.10 Å². The fourth-order valence-electron chi connectivity index (χ4n) is 4.17. The number of aromatic nitrogens is 4. The lowest BCUT2D eigenvalue weighted by Crippen LogP contribution is -2.09. The van der Waals surface area contributed by atoms with Gasteiger partial charge in [0.2, 0.25) is 5.95 Å². The number of rotatable bonds is 7. The van der Waals surface area contributed by atoms with E-state index < -0.39 is 11.9 Å². The van der Waals surface area contributed by atoms with Crippen LogP contribution in [0.25, 0.3) is 16.8 Å². The summed E-state index contributed by atoms with van der Waals surface area (Å²) in [5, 5.41) is 18.1. The molecule has 34 heavy (non-hydrogen) atoms. The van der Waals surface area contributed by atoms with Crippen molar-refractivity contribution in [3.8, 4) is 16.8 Å². The third-order valence-corrected chi connectivity index (χ3v) is 6.09. The van der Waals surface area contributed by atoms with E-state index in [0.717, 1.165) is 41.0 Å². The average Bonchev–Trinajstić information content (AvgIpc) is 3.62. The Balaban J connectivity index is 1.71. The number of aryl methyl sites for hydroxylation is 2. The summed E-state index contributed by atoms with van der Waals surface area (Å²) in [5.41, 5.74) is 5.40. The Morgan fingerprint density at radius 2 is 2.03 bits per heavy atom. The third kappa shape index (κ3) is 4.03. The van der Waals surface area contributed by atoms with Crippen LogP contribution in [0.5, 0.6) is 0 Å². The number of hydrogen-bond acceptors (Lipinski definition) is 5. The molecule has 7 nitrogen and oxygen atoms in total. The zero-order valence-corrected chi connectivity index (χ0v) is 18.9. The highest BCUT2D eigenvalue weighted by atomic mass is 19.1. The number of nitrogens with zero attached hydrogens (tertiary/aromatic N) is 4. The number of carboxylic acids is 1. The Labute approximate surface area is 196 Å². The molecule has 0 atom stereocenters. The molecule has 1 fully saturated rings. The van der Waals surface area contributed by atoms with Crippen LogP contribution >= 0.6 is 0 Å². The maximum Gasteiger partial charge on any atom is 0.337 e. The number of nitrogens with one attached hydrogen (secondary N) is 1. The van der Waals surface area contributed by atoms with Crippen molar-refractivity contribution in [3.05, 3.63) is 83.3 Å². The van der Waals surface area contributed by atoms with Crippen molar-refractivity contribution in [1.29, 1.82) is 0 Å². The molecule has 8 heteroatoms. The van der Waals surface area contributed by atoms with Gasteiger partial charge in [0.05, 0.1) is 28.3 Å². The SMILES string of the molecule is CCc1nn(-c2cccnc2C)c(Nc2ccc(C3CC3)cc2C(=O)O)c1-c1ccc(F)nc1. The molecule has 2 N–H and O–H groups in total. The van der Waals surface area contributed by atoms with E-state index in [1.165, 1.54) is 12.3 Å². The van der Waals surface area contributed by atoms with Gasteiger partial charge in [-0.15, -0.1) is 0 Å². The molecule has 0 saturated heterocycles. The summed E-state index contributed by atoms with van der Waals surface area (Å²) < 4.78 is 15.3. The lowest BCUT2D eigenvalue weighted by Gasteiger charge is -2.16. The smallest absolute Gasteiger partial charge is 0.337 e. The number of pyridine rings is 2. The fourth-order valence-corrected chi connectivity index (χ4v) is 4.17. The summed E-state index contributed by atoms with van der Waals surface area (Å²) in [6, 6.07) is 12.2. The zero-order chi connectivity index (χ0) is 23.8. The van der Waals surface area contributed by atoms with Gasteiger partial charge in [0.15, 0.2) is 0 Å². The summed E-state index contributed by atoms with van der Waals surface area (Å²) in [4.78, 5) is 20.4. The lowest BCUT2D eigenvalue weighted by molar-refractivity contribution is 0.0698. The minimum atomic E-state index is -1.01. The summed E-state index contributed by atoms with van der Waals surface area (Å²) >= 11 is 0. The Bertz CT molecular complexity index is 1380. The quantitative estimate of drug-likeness (QED) is 0.348. The first-order chi connectivity index (χ1) is 16.5. The van der Waals surface area contributed by atoms with Crippen molar-refractivity contribution in [2.75, 3.05) is 5.32 Å². The van der Waals surface area contributed by atoms with Gasteiger partial charge in [0.25, 0.3) is 0 Å². The van der Waals surface area contributed by atoms with Crippen molar-refractivity contribution in [1.82, 2.24) is 19.7 Å². The average molecular weight is 458 g/mol. The van der Waals surface area contributed by atoms with E-state index in [1.807, 2.05) is 38.1 Å². The molecule has 1 aromatic carbocycles. The predicted molar refractivity (Wildman–Crippen MR) is 127 cm³/mol. The molecular weight excluding hydrogens is 433 g/mol. The van der Waals surface area contributed by atoms with Gasteiger partial charge in [0.1, 0.15) is 5.82 Å². The topological polar surface area (TPSA) is 92.9 Å². The molecule has 4 aromatic rings. The standard InChI is InChI=1S/C26H24FN5O2/c1-3-20-24(18-9-11-23(27)29-14-18)25(32(31-20)22-5-4-12-28-15(22)2)30-21-10-8-17(16-6-7-16)13-19(21)26(33)34/h4-5,8-14,16,30H,3,6-7H2,1-2H3,(H,33,34). The molecule has 1 saturated carbocycles. The van der Waals surface area contributed by atoms with E-state index in [-0.39, 0.29) is 5.56 Å². The Hall–Kier alpha value is -4.07. The Kier molecular flexibility index (Phi) is 5.57. The highest BCUT2D eigenvalue weighted by molar-refractivity contribution is 5.96. The van der Waals surface area contributed by atoms with Gasteiger partial charge in [-0.05, 0) is 74.1 Å². The van der Waals surface area contributed by atoms with E-state index in [9.17, 15) is 14.3 Å². The maximum atomic E-state index is 13.6. The minimum Gasteiger partial charge on any atom is -0.478 e. The highest BCUT2D eigenvalue weighted by Gasteiger charge is 2.27. The number of carbonyl (C=O) groups is 1. The van der Waals surface area contributed by atoms with Gasteiger partial charge in [-0.2, -0.15) is 9.49 Å². The monoisotopic (exact) mass is 457 g/mol. The zero-order valence-electron chi connectivity index (χ0n) is 18.9. The van der Waals surface area contributed by atoms with Crippen LogP contribution in [0.15, 0.2) is 54.9 Å². The van der Waals surface area contributed by atoms with Gasteiger partial charge in [-0.1, -0.05) is 13.0 Å². The third-order valence-electron chi connectivity index (χ3n) is 6.09. The van der Waals surface area contributed by atoms with Crippen LogP contribution < -0.4 is 5.32 Å². The normalized spacial score (nSPS) is 13.1. The van der Waals surface area contributed by atoms with Crippen LogP contribution in [0.4, 0.5) is 15.9 Å². The summed E-state index contributed by atoms with van der Waals surface area (Å²) in [5.74, 6) is -0.573. The van der Waals surface area contributed by atoms with E-state index in [2.05, 4.69) is 15.3 Å². The van der Waals surface area contributed by atoms with E-state index >= 15 is 0 Å². The van der Waals surface area contributed by atoms with Crippen molar-refractivity contribution >= 4 is 17.5 Å². The maximum absolute atomic E-state index is 13.6. The lowest BCUT2D eigenvalue weighted by atomic mass is 10.0. The molecule has 0 spiro atoms. The van der Waals surface area contributed by atoms with Gasteiger partial charge < -0.3 is 10.4 Å². The van der Waals surface area contributed by atoms with Crippen LogP contribution in [-0.2, 0) is 6.42 Å². The Morgan fingerprint density at radius 3 is 2.68 bits per heavy atom. The van der Waals surface area contributed by atoms with Crippen LogP contribution in [-0.4, -0.2) is 30.8 Å². The Morgan fingerprint density at radius 1 is 1.21 bits per heavy atom. The van der Waals surface area contributed by atoms with E-state index in [0.29, 0.717) is 29.4 Å². The number of aromatic carboxylic acids is 1. The molecule has 0 aliphatic heterocycles. The van der Waals surface area contributed by atoms with Crippen LogP contribution in [0.1, 0.15) is 53.0 Å². The number of carboxylic acid groups (broad SMARTS) is 1. The second-order valence-corrected chi connectivity index (χ2v) is 8.42. The van der Waals surface area contributed by atoms with Crippen LogP contribution in [0.2, 0.25) is 0 Å². The van der Waals surface area contributed by atoms with Gasteiger partial charge in [0, 0.05) is 23.5 Å². The second kappa shape index (κ2) is 8.70. The molecule has 0 amide bonds. The van der Waals surface area contributed by atoms with Crippen molar-refractivity contribution in [3.63, 3.8) is 0 Å². The predicted octanol–water partition coefficient (Wildman–Crippen LogP) is 5.66. The van der Waals surface area contributed by atoms with Crippen LogP contribution in [0.3, 0.4) is 0 Å². The second-order valence-electron chi connectivity index (χ2n) is 8.42. The summed E-state index contributed by atoms with van der Waals surface area (Å²) in [7, 11) is 0. The van der Waals surface area contributed by atoms with E-state index in [1.54, 1.807) is 23.0 Å². The number of benzene rings is 1. The van der Waals surface area contributed by atoms with Gasteiger partial charge >= 0.3 is 5.97 Å². The number of halogens is 1. The van der Waals surface area contributed by atoms with Gasteiger partial charge in [-0.3, -0.25) is 4.98 Å². The first kappa shape index (κ1) is 21.8. The molecule has 0 bridgehead atoms. The molecule has 1 aliphatic carbocycles. The van der Waals surface area contributed by atoms with Crippen LogP contribution in [0, 0.1) is 12.9 Å². The molecule has 172 valence electrons. The highest BCUT2D eigenvalue weighted by Crippen LogP contribution is 2.42. The molecule has 3 heterocycles. The van der Waals surface area contributed by atoms with Crippen molar-refractivity contribution < 1.29 is 14.3 Å². The number of hydrogen-bond donors (Lipinski definition) is 2. The molecule has 3 aromatic heterocycles. The molecular formula is C26H24FN5O2. The summed E-state index contributed by atoms with van der Waals surface area (Å²) in [6.45, 7) is 3.87. The van der Waals surface area contributed by atoms with Gasteiger partial charge in [-0.25, -0.2) is 14.5 Å². The minimum absolute atomic E-state index is 0.196.